The van der Waals surface area contributed by atoms with Gasteiger partial charge in [0.1, 0.15) is 23.0 Å². The zero-order valence-corrected chi connectivity index (χ0v) is 31.1. The Hall–Kier alpha value is -5.80. The Kier molecular flexibility index (Phi) is 9.97. The highest BCUT2D eigenvalue weighted by Gasteiger charge is 2.27. The summed E-state index contributed by atoms with van der Waals surface area (Å²) in [5, 5.41) is 14.4. The summed E-state index contributed by atoms with van der Waals surface area (Å²) in [5.41, 5.74) is 8.02. The molecular weight excluding hydrogens is 677 g/mol. The smallest absolute Gasteiger partial charge is 0.236 e. The van der Waals surface area contributed by atoms with Crippen LogP contribution in [0.3, 0.4) is 0 Å². The first kappa shape index (κ1) is 35.2. The lowest BCUT2D eigenvalue weighted by Crippen LogP contribution is -2.51. The van der Waals surface area contributed by atoms with Crippen molar-refractivity contribution in [3.63, 3.8) is 0 Å². The van der Waals surface area contributed by atoms with Crippen molar-refractivity contribution in [3.8, 4) is 28.6 Å². The molecule has 3 aromatic heterocycles. The summed E-state index contributed by atoms with van der Waals surface area (Å²) in [6.07, 6.45) is 7.43. The van der Waals surface area contributed by atoms with Gasteiger partial charge in [-0.15, -0.1) is 0 Å². The molecule has 0 spiro atoms. The lowest BCUT2D eigenvalue weighted by Gasteiger charge is -2.38. The van der Waals surface area contributed by atoms with Crippen LogP contribution in [-0.2, 0) is 9.59 Å². The minimum atomic E-state index is 0.0965. The van der Waals surface area contributed by atoms with Gasteiger partial charge in [0.25, 0.3) is 0 Å². The number of rotatable bonds is 7. The number of nitriles is 1. The molecule has 3 aliphatic heterocycles. The number of piperidine rings is 1. The summed E-state index contributed by atoms with van der Waals surface area (Å²) in [5.74, 6) is 1.75. The fourth-order valence-corrected chi connectivity index (χ4v) is 8.01. The van der Waals surface area contributed by atoms with Crippen LogP contribution in [0.1, 0.15) is 42.4 Å². The lowest BCUT2D eigenvalue weighted by molar-refractivity contribution is -0.133. The van der Waals surface area contributed by atoms with Gasteiger partial charge >= 0.3 is 0 Å². The molecule has 3 saturated heterocycles. The Bertz CT molecular complexity index is 2150. The predicted octanol–water partition coefficient (Wildman–Crippen LogP) is 4.84. The number of fused-ring (bicyclic) bond motifs is 1. The standard InChI is InChI=1S/C42H46N10O2/c1-30-3-5-32(6-4-30)33-13-15-47(16-14-33)29-40(54)51-23-19-49(20-24-51)37-10-7-34(8-11-37)38-28-52-42(36(25-43)27-45-52)41(46-38)35-9-12-39(44-26-35)50-21-17-48(18-22-50)31(2)53/h3-12,26-28,33H,13-24,29H2,1-2H3. The first-order valence-corrected chi connectivity index (χ1v) is 19.0. The molecule has 0 unspecified atom stereocenters. The number of hydrogen-bond donors (Lipinski definition) is 0. The molecular formula is C42H46N10O2. The fraction of sp³-hybridized carbons (Fsp3) is 0.381. The van der Waals surface area contributed by atoms with E-state index in [0.717, 1.165) is 80.4 Å². The van der Waals surface area contributed by atoms with E-state index in [1.165, 1.54) is 11.1 Å². The molecule has 5 aromatic rings. The third-order valence-electron chi connectivity index (χ3n) is 11.3. The maximum Gasteiger partial charge on any atom is 0.236 e. The second kappa shape index (κ2) is 15.3. The van der Waals surface area contributed by atoms with Crippen LogP contribution in [0.25, 0.3) is 28.0 Å². The number of benzene rings is 2. The summed E-state index contributed by atoms with van der Waals surface area (Å²) in [7, 11) is 0. The van der Waals surface area contributed by atoms with Gasteiger partial charge in [-0.05, 0) is 68.6 Å². The van der Waals surface area contributed by atoms with Crippen LogP contribution in [0.4, 0.5) is 11.5 Å². The summed E-state index contributed by atoms with van der Waals surface area (Å²) >= 11 is 0. The summed E-state index contributed by atoms with van der Waals surface area (Å²) in [6, 6.07) is 23.5. The van der Waals surface area contributed by atoms with Gasteiger partial charge in [-0.3, -0.25) is 14.5 Å². The average Bonchev–Trinajstić information content (AvgIpc) is 3.65. The molecule has 3 aliphatic rings. The van der Waals surface area contributed by atoms with E-state index in [9.17, 15) is 14.9 Å². The largest absolute Gasteiger partial charge is 0.368 e. The van der Waals surface area contributed by atoms with Crippen molar-refractivity contribution < 1.29 is 9.59 Å². The van der Waals surface area contributed by atoms with Crippen molar-refractivity contribution >= 4 is 28.8 Å². The number of aromatic nitrogens is 4. The number of hydrogen-bond acceptors (Lipinski definition) is 9. The molecule has 3 fully saturated rings. The highest BCUT2D eigenvalue weighted by molar-refractivity contribution is 5.83. The van der Waals surface area contributed by atoms with Gasteiger partial charge in [-0.2, -0.15) is 10.4 Å². The van der Waals surface area contributed by atoms with Gasteiger partial charge in [-0.25, -0.2) is 14.5 Å². The lowest BCUT2D eigenvalue weighted by atomic mass is 9.89. The van der Waals surface area contributed by atoms with E-state index in [2.05, 4.69) is 81.3 Å². The SMILES string of the molecule is CC(=O)N1CCN(c2ccc(-c3nc(-c4ccc(N5CCN(C(=O)CN6CCC(c7ccc(C)cc7)CC6)CC5)cc4)cn4ncc(C#N)c34)cn2)CC1. The molecule has 0 atom stereocenters. The van der Waals surface area contributed by atoms with Gasteiger partial charge in [0, 0.05) is 82.3 Å². The fourth-order valence-electron chi connectivity index (χ4n) is 8.01. The maximum atomic E-state index is 13.3. The van der Waals surface area contributed by atoms with E-state index in [4.69, 9.17) is 9.97 Å². The Morgan fingerprint density at radius 3 is 2.09 bits per heavy atom. The number of likely N-dealkylation sites (tertiary alicyclic amines) is 1. The van der Waals surface area contributed by atoms with Gasteiger partial charge in [-0.1, -0.05) is 42.0 Å². The Morgan fingerprint density at radius 2 is 1.44 bits per heavy atom. The van der Waals surface area contributed by atoms with Gasteiger partial charge in [0.15, 0.2) is 0 Å². The molecule has 0 bridgehead atoms. The van der Waals surface area contributed by atoms with Crippen LogP contribution in [0.15, 0.2) is 79.3 Å². The number of aryl methyl sites for hydroxylation is 1. The molecule has 2 amide bonds. The van der Waals surface area contributed by atoms with Crippen LogP contribution >= 0.6 is 0 Å². The minimum Gasteiger partial charge on any atom is -0.368 e. The molecule has 12 heteroatoms. The normalized spacial score (nSPS) is 17.2. The van der Waals surface area contributed by atoms with Crippen molar-refractivity contribution in [3.05, 3.63) is 95.9 Å². The molecule has 8 rings (SSSR count). The van der Waals surface area contributed by atoms with Crippen LogP contribution in [0, 0.1) is 18.3 Å². The zero-order chi connectivity index (χ0) is 37.2. The molecule has 0 aliphatic carbocycles. The number of piperazine rings is 2. The van der Waals surface area contributed by atoms with Gasteiger partial charge in [0.05, 0.1) is 30.3 Å². The molecule has 12 nitrogen and oxygen atoms in total. The van der Waals surface area contributed by atoms with E-state index in [0.29, 0.717) is 55.4 Å². The Balaban J connectivity index is 0.899. The van der Waals surface area contributed by atoms with Crippen molar-refractivity contribution in [1.82, 2.24) is 34.3 Å². The van der Waals surface area contributed by atoms with E-state index >= 15 is 0 Å². The van der Waals surface area contributed by atoms with Crippen LogP contribution in [0.2, 0.25) is 0 Å². The van der Waals surface area contributed by atoms with E-state index in [1.807, 2.05) is 28.1 Å². The summed E-state index contributed by atoms with van der Waals surface area (Å²) in [4.78, 5) is 45.6. The molecule has 0 saturated carbocycles. The van der Waals surface area contributed by atoms with E-state index in [1.54, 1.807) is 23.8 Å². The average molecular weight is 723 g/mol. The number of anilines is 2. The monoisotopic (exact) mass is 722 g/mol. The number of carbonyl (C=O) groups excluding carboxylic acids is 2. The van der Waals surface area contributed by atoms with Crippen LogP contribution in [-0.4, -0.2) is 118 Å². The van der Waals surface area contributed by atoms with E-state index < -0.39 is 0 Å². The van der Waals surface area contributed by atoms with Crippen LogP contribution < -0.4 is 9.80 Å². The highest BCUT2D eigenvalue weighted by Crippen LogP contribution is 2.31. The second-order valence-corrected chi connectivity index (χ2v) is 14.7. The van der Waals surface area contributed by atoms with Crippen molar-refractivity contribution in [2.24, 2.45) is 0 Å². The Labute approximate surface area is 316 Å². The van der Waals surface area contributed by atoms with Crippen molar-refractivity contribution in [2.45, 2.75) is 32.6 Å². The molecule has 0 radical (unpaired) electrons. The molecule has 276 valence electrons. The van der Waals surface area contributed by atoms with Crippen molar-refractivity contribution in [1.29, 1.82) is 5.26 Å². The zero-order valence-electron chi connectivity index (χ0n) is 31.1. The molecule has 6 heterocycles. The molecule has 54 heavy (non-hydrogen) atoms. The Morgan fingerprint density at radius 1 is 0.778 bits per heavy atom. The first-order chi connectivity index (χ1) is 26.3. The summed E-state index contributed by atoms with van der Waals surface area (Å²) < 4.78 is 1.72. The quantitative estimate of drug-likeness (QED) is 0.233. The highest BCUT2D eigenvalue weighted by atomic mass is 16.2. The maximum absolute atomic E-state index is 13.3. The predicted molar refractivity (Wildman–Crippen MR) is 209 cm³/mol. The molecule has 0 N–H and O–H groups in total. The van der Waals surface area contributed by atoms with Gasteiger partial charge < -0.3 is 19.6 Å². The van der Waals surface area contributed by atoms with Crippen molar-refractivity contribution in [2.75, 3.05) is 81.8 Å². The molecule has 2 aromatic carbocycles. The minimum absolute atomic E-state index is 0.0965. The number of pyridine rings is 1. The number of nitrogens with zero attached hydrogens (tertiary/aromatic N) is 10. The first-order valence-electron chi connectivity index (χ1n) is 19.0. The third-order valence-corrected chi connectivity index (χ3v) is 11.3. The van der Waals surface area contributed by atoms with E-state index in [-0.39, 0.29) is 11.8 Å². The second-order valence-electron chi connectivity index (χ2n) is 14.7. The topological polar surface area (TPSA) is 117 Å². The number of carbonyl (C=O) groups is 2. The third kappa shape index (κ3) is 7.37. The summed E-state index contributed by atoms with van der Waals surface area (Å²) in [6.45, 7) is 12.0. The van der Waals surface area contributed by atoms with Crippen LogP contribution in [0.5, 0.6) is 0 Å². The number of amides is 2. The van der Waals surface area contributed by atoms with Gasteiger partial charge in [0.2, 0.25) is 11.8 Å².